The summed E-state index contributed by atoms with van der Waals surface area (Å²) in [5.41, 5.74) is 7.53. The summed E-state index contributed by atoms with van der Waals surface area (Å²) in [4.78, 5) is 28.0. The third kappa shape index (κ3) is 3.67. The molecule has 1 amide bonds. The van der Waals surface area contributed by atoms with E-state index in [4.69, 9.17) is 5.73 Å². The summed E-state index contributed by atoms with van der Waals surface area (Å²) in [6.07, 6.45) is 4.14. The van der Waals surface area contributed by atoms with Gasteiger partial charge in [0.25, 0.3) is 5.91 Å². The van der Waals surface area contributed by atoms with Gasteiger partial charge in [0.2, 0.25) is 0 Å². The molecule has 0 bridgehead atoms. The first-order valence-corrected chi connectivity index (χ1v) is 10.3. The lowest BCUT2D eigenvalue weighted by Gasteiger charge is -2.18. The minimum atomic E-state index is -0.143. The number of carbonyl (C=O) groups excluding carboxylic acids is 1. The molecule has 0 aliphatic carbocycles. The molecule has 3 aromatic rings. The molecule has 0 spiro atoms. The van der Waals surface area contributed by atoms with Crippen LogP contribution in [-0.2, 0) is 13.0 Å². The molecular weight excluding hydrogens is 374 g/mol. The lowest BCUT2D eigenvalue weighted by Crippen LogP contribution is -2.34. The normalized spacial score (nSPS) is 15.4. The summed E-state index contributed by atoms with van der Waals surface area (Å²) < 4.78 is 1.89. The van der Waals surface area contributed by atoms with E-state index < -0.39 is 0 Å². The lowest BCUT2D eigenvalue weighted by atomic mass is 10.1. The van der Waals surface area contributed by atoms with E-state index >= 15 is 0 Å². The van der Waals surface area contributed by atoms with E-state index in [2.05, 4.69) is 33.9 Å². The maximum absolute atomic E-state index is 12.9. The molecule has 2 N–H and O–H groups in total. The van der Waals surface area contributed by atoms with E-state index in [1.54, 1.807) is 12.4 Å². The number of amides is 1. The first-order valence-electron chi connectivity index (χ1n) is 9.37. The third-order valence-electron chi connectivity index (χ3n) is 4.89. The van der Waals surface area contributed by atoms with Crippen LogP contribution in [0.5, 0.6) is 0 Å². The molecule has 146 valence electrons. The second kappa shape index (κ2) is 7.76. The number of carbonyl (C=O) groups is 1. The maximum Gasteiger partial charge on any atom is 0.273 e. The number of nitrogens with zero attached hydrogens (tertiary/aromatic N) is 6. The van der Waals surface area contributed by atoms with Crippen molar-refractivity contribution in [1.29, 1.82) is 0 Å². The minimum Gasteiger partial charge on any atom is -0.335 e. The summed E-state index contributed by atoms with van der Waals surface area (Å²) in [6.45, 7) is 5.88. The molecule has 1 aliphatic rings. The van der Waals surface area contributed by atoms with Gasteiger partial charge in [-0.05, 0) is 18.1 Å². The lowest BCUT2D eigenvalue weighted by molar-refractivity contribution is 0.0753. The number of nitrogens with two attached hydrogens (primary N) is 1. The van der Waals surface area contributed by atoms with Gasteiger partial charge < -0.3 is 10.6 Å². The molecule has 0 saturated heterocycles. The molecule has 28 heavy (non-hydrogen) atoms. The smallest absolute Gasteiger partial charge is 0.273 e. The number of pyridine rings is 1. The van der Waals surface area contributed by atoms with Crippen LogP contribution in [0.25, 0.3) is 11.4 Å². The average Bonchev–Trinajstić information content (AvgIpc) is 3.31. The zero-order valence-corrected chi connectivity index (χ0v) is 16.8. The SMILES string of the molecule is CC(C)[C@H](N)c1nc(C(=O)N2CCc3nc(-c4cccnc4)nn3CC2)cs1. The highest BCUT2D eigenvalue weighted by Crippen LogP contribution is 2.23. The second-order valence-corrected chi connectivity index (χ2v) is 8.09. The number of rotatable bonds is 4. The van der Waals surface area contributed by atoms with Crippen LogP contribution >= 0.6 is 11.3 Å². The van der Waals surface area contributed by atoms with E-state index in [-0.39, 0.29) is 17.9 Å². The summed E-state index contributed by atoms with van der Waals surface area (Å²) in [5, 5.41) is 7.21. The zero-order valence-electron chi connectivity index (χ0n) is 15.9. The third-order valence-corrected chi connectivity index (χ3v) is 5.83. The van der Waals surface area contributed by atoms with Gasteiger partial charge in [0.15, 0.2) is 5.82 Å². The Morgan fingerprint density at radius 2 is 2.11 bits per heavy atom. The van der Waals surface area contributed by atoms with Gasteiger partial charge in [0.1, 0.15) is 16.5 Å². The van der Waals surface area contributed by atoms with E-state index in [0.717, 1.165) is 16.4 Å². The van der Waals surface area contributed by atoms with E-state index in [0.29, 0.717) is 37.6 Å². The number of aromatic nitrogens is 5. The molecule has 1 aliphatic heterocycles. The van der Waals surface area contributed by atoms with Crippen molar-refractivity contribution in [2.24, 2.45) is 11.7 Å². The van der Waals surface area contributed by atoms with Gasteiger partial charge in [-0.2, -0.15) is 5.10 Å². The van der Waals surface area contributed by atoms with Crippen molar-refractivity contribution in [3.63, 3.8) is 0 Å². The molecule has 0 saturated carbocycles. The van der Waals surface area contributed by atoms with Gasteiger partial charge >= 0.3 is 0 Å². The van der Waals surface area contributed by atoms with Crippen LogP contribution in [0.15, 0.2) is 29.9 Å². The van der Waals surface area contributed by atoms with Gasteiger partial charge in [-0.3, -0.25) is 9.78 Å². The van der Waals surface area contributed by atoms with Crippen LogP contribution in [0.4, 0.5) is 0 Å². The Bertz CT molecular complexity index is 940. The topological polar surface area (TPSA) is 103 Å². The largest absolute Gasteiger partial charge is 0.335 e. The quantitative estimate of drug-likeness (QED) is 0.724. The van der Waals surface area contributed by atoms with E-state index in [1.165, 1.54) is 11.3 Å². The Hall–Kier alpha value is -2.65. The first kappa shape index (κ1) is 18.7. The van der Waals surface area contributed by atoms with Gasteiger partial charge in [-0.1, -0.05) is 13.8 Å². The van der Waals surface area contributed by atoms with Crippen molar-refractivity contribution in [1.82, 2.24) is 29.6 Å². The number of fused-ring (bicyclic) bond motifs is 1. The Labute approximate surface area is 167 Å². The Balaban J connectivity index is 1.46. The fraction of sp³-hybridized carbons (Fsp3) is 0.421. The van der Waals surface area contributed by atoms with Crippen molar-refractivity contribution < 1.29 is 4.79 Å². The summed E-state index contributed by atoms with van der Waals surface area (Å²) in [5.74, 6) is 1.78. The molecule has 4 rings (SSSR count). The van der Waals surface area contributed by atoms with Gasteiger partial charge in [0, 0.05) is 42.8 Å². The summed E-state index contributed by atoms with van der Waals surface area (Å²) >= 11 is 1.45. The zero-order chi connectivity index (χ0) is 19.7. The highest BCUT2D eigenvalue weighted by atomic mass is 32.1. The number of hydrogen-bond donors (Lipinski definition) is 1. The van der Waals surface area contributed by atoms with Gasteiger partial charge in [0.05, 0.1) is 12.6 Å². The molecule has 8 nitrogen and oxygen atoms in total. The molecular formula is C19H23N7OS. The average molecular weight is 398 g/mol. The fourth-order valence-electron chi connectivity index (χ4n) is 3.11. The molecule has 3 aromatic heterocycles. The van der Waals surface area contributed by atoms with Crippen LogP contribution in [0.2, 0.25) is 0 Å². The summed E-state index contributed by atoms with van der Waals surface area (Å²) in [7, 11) is 0. The molecule has 0 fully saturated rings. The van der Waals surface area contributed by atoms with Gasteiger partial charge in [-0.15, -0.1) is 11.3 Å². The standard InChI is InChI=1S/C19H23N7OS/c1-12(2)16(20)18-22-14(11-28-18)19(27)25-7-5-15-23-17(24-26(15)9-8-25)13-4-3-6-21-10-13/h3-4,6,10-12,16H,5,7-9,20H2,1-2H3/t16-/m0/s1. The van der Waals surface area contributed by atoms with Crippen molar-refractivity contribution in [3.8, 4) is 11.4 Å². The van der Waals surface area contributed by atoms with Crippen LogP contribution in [-0.4, -0.2) is 48.6 Å². The predicted molar refractivity (Wildman–Crippen MR) is 107 cm³/mol. The first-order chi connectivity index (χ1) is 13.5. The van der Waals surface area contributed by atoms with Crippen molar-refractivity contribution in [2.45, 2.75) is 32.9 Å². The Morgan fingerprint density at radius 3 is 2.86 bits per heavy atom. The van der Waals surface area contributed by atoms with Crippen LogP contribution in [0.1, 0.15) is 41.2 Å². The monoisotopic (exact) mass is 397 g/mol. The minimum absolute atomic E-state index is 0.0586. The number of hydrogen-bond acceptors (Lipinski definition) is 7. The van der Waals surface area contributed by atoms with Crippen molar-refractivity contribution in [3.05, 3.63) is 46.4 Å². The molecule has 9 heteroatoms. The van der Waals surface area contributed by atoms with Crippen molar-refractivity contribution >= 4 is 17.2 Å². The molecule has 0 radical (unpaired) electrons. The maximum atomic E-state index is 12.9. The molecule has 4 heterocycles. The number of thiazole rings is 1. The molecule has 0 unspecified atom stereocenters. The molecule has 1 atom stereocenters. The second-order valence-electron chi connectivity index (χ2n) is 7.20. The van der Waals surface area contributed by atoms with E-state index in [1.807, 2.05) is 27.1 Å². The summed E-state index contributed by atoms with van der Waals surface area (Å²) in [6, 6.07) is 3.67. The van der Waals surface area contributed by atoms with Gasteiger partial charge in [-0.25, -0.2) is 14.6 Å². The predicted octanol–water partition coefficient (Wildman–Crippen LogP) is 2.15. The van der Waals surface area contributed by atoms with Crippen LogP contribution in [0, 0.1) is 5.92 Å². The van der Waals surface area contributed by atoms with Crippen LogP contribution in [0.3, 0.4) is 0 Å². The van der Waals surface area contributed by atoms with Crippen LogP contribution < -0.4 is 5.73 Å². The Kier molecular flexibility index (Phi) is 5.19. The Morgan fingerprint density at radius 1 is 1.25 bits per heavy atom. The molecule has 0 aromatic carbocycles. The van der Waals surface area contributed by atoms with Crippen molar-refractivity contribution in [2.75, 3.05) is 13.1 Å². The highest BCUT2D eigenvalue weighted by molar-refractivity contribution is 7.09. The highest BCUT2D eigenvalue weighted by Gasteiger charge is 2.25. The fourth-order valence-corrected chi connectivity index (χ4v) is 4.07. The van der Waals surface area contributed by atoms with E-state index in [9.17, 15) is 4.79 Å².